The Kier molecular flexibility index (Phi) is 17.6. The summed E-state index contributed by atoms with van der Waals surface area (Å²) in [7, 11) is 0. The van der Waals surface area contributed by atoms with Crippen LogP contribution in [0.25, 0.3) is 0 Å². The van der Waals surface area contributed by atoms with E-state index in [9.17, 15) is 43.2 Å². The first-order valence-corrected chi connectivity index (χ1v) is 25.1. The number of primary amides is 1. The molecule has 9 amide bonds. The van der Waals surface area contributed by atoms with Crippen LogP contribution in [0.3, 0.4) is 0 Å². The largest absolute Gasteiger partial charge is 0.370 e. The lowest BCUT2D eigenvalue weighted by Crippen LogP contribution is -2.62. The van der Waals surface area contributed by atoms with E-state index in [-0.39, 0.29) is 71.0 Å². The van der Waals surface area contributed by atoms with Gasteiger partial charge < -0.3 is 47.0 Å². The van der Waals surface area contributed by atoms with Gasteiger partial charge in [0.2, 0.25) is 53.2 Å². The third-order valence-electron chi connectivity index (χ3n) is 14.3. The SMILES string of the molecule is CCC(C)[C@H]1NC(=O)[C@@H](Cc2ccccc2)NC(=O)[C@@H]2CCCN2C(=O)C(Cc2ccccc2)NC(=O)[C@@H]2CCCN2C(=O)C(CCC(N)=O)NC(=O)[C@H]2CCCN2C(=O)[C@@H](Cc2ccccc2)NC1=O. The molecule has 0 spiro atoms. The van der Waals surface area contributed by atoms with Gasteiger partial charge in [-0.05, 0) is 67.6 Å². The standard InChI is InChI=1S/C53H67N9O9/c1-3-33(2)45-50(68)58-40(32-36-20-11-6-12-21-36)53(71)61-28-14-22-41(61)47(65)55-37(25-26-44(54)63)51(69)60-27-13-24-43(60)49(67)57-39(31-35-18-9-5-10-19-35)52(70)62-29-15-23-42(62)48(66)56-38(46(64)59-45)30-34-16-7-4-8-17-34/h4-12,16-21,33,37-43,45H,3,13-15,22-32H2,1-2H3,(H2,54,63)(H,55,65)(H,56,66)(H,57,67)(H,58,68)(H,59,64)/t33?,37?,38-,39?,40-,41-,42+,43+,45-/m1/s1. The van der Waals surface area contributed by atoms with Gasteiger partial charge in [0.25, 0.3) is 0 Å². The van der Waals surface area contributed by atoms with Crippen molar-refractivity contribution in [2.75, 3.05) is 19.6 Å². The Bertz CT molecular complexity index is 2410. The molecule has 4 heterocycles. The normalized spacial score (nSPS) is 26.8. The number of nitrogens with two attached hydrogens (primary N) is 1. The quantitative estimate of drug-likeness (QED) is 0.163. The second-order valence-corrected chi connectivity index (χ2v) is 19.3. The molecule has 7 N–H and O–H groups in total. The number of hydrogen-bond donors (Lipinski definition) is 6. The van der Waals surface area contributed by atoms with Crippen LogP contribution in [0.1, 0.15) is 88.3 Å². The Morgan fingerprint density at radius 3 is 1.25 bits per heavy atom. The highest BCUT2D eigenvalue weighted by molar-refractivity contribution is 5.99. The van der Waals surface area contributed by atoms with Crippen molar-refractivity contribution in [1.29, 1.82) is 0 Å². The van der Waals surface area contributed by atoms with Crippen molar-refractivity contribution in [3.8, 4) is 0 Å². The number of nitrogens with zero attached hydrogens (tertiary/aromatic N) is 3. The minimum Gasteiger partial charge on any atom is -0.370 e. The van der Waals surface area contributed by atoms with E-state index in [0.717, 1.165) is 16.7 Å². The number of benzene rings is 3. The van der Waals surface area contributed by atoms with E-state index in [0.29, 0.717) is 25.7 Å². The molecule has 9 atom stereocenters. The van der Waals surface area contributed by atoms with Gasteiger partial charge in [-0.25, -0.2) is 0 Å². The molecule has 4 saturated heterocycles. The Hall–Kier alpha value is -7.11. The summed E-state index contributed by atoms with van der Waals surface area (Å²) in [5.41, 5.74) is 7.74. The molecule has 4 aliphatic rings. The second kappa shape index (κ2) is 24.1. The van der Waals surface area contributed by atoms with Crippen LogP contribution in [0.4, 0.5) is 0 Å². The molecule has 378 valence electrons. The summed E-state index contributed by atoms with van der Waals surface area (Å²) >= 11 is 0. The molecule has 3 unspecified atom stereocenters. The molecule has 0 aromatic heterocycles. The molecule has 0 bridgehead atoms. The van der Waals surface area contributed by atoms with Crippen LogP contribution in [-0.2, 0) is 62.4 Å². The number of amides is 9. The van der Waals surface area contributed by atoms with Gasteiger partial charge in [0.1, 0.15) is 48.3 Å². The highest BCUT2D eigenvalue weighted by atomic mass is 16.2. The minimum atomic E-state index is -1.30. The number of rotatable bonds is 11. The lowest BCUT2D eigenvalue weighted by atomic mass is 9.96. The molecule has 0 saturated carbocycles. The molecule has 3 aromatic carbocycles. The number of carbonyl (C=O) groups excluding carboxylic acids is 9. The van der Waals surface area contributed by atoms with Crippen molar-refractivity contribution in [3.63, 3.8) is 0 Å². The highest BCUT2D eigenvalue weighted by Crippen LogP contribution is 2.25. The summed E-state index contributed by atoms with van der Waals surface area (Å²) in [5, 5.41) is 14.5. The van der Waals surface area contributed by atoms with Crippen LogP contribution in [-0.4, -0.2) is 136 Å². The van der Waals surface area contributed by atoms with Crippen molar-refractivity contribution in [2.45, 2.75) is 139 Å². The monoisotopic (exact) mass is 974 g/mol. The summed E-state index contributed by atoms with van der Waals surface area (Å²) in [6.07, 6.45) is 2.26. The smallest absolute Gasteiger partial charge is 0.246 e. The average molecular weight is 974 g/mol. The lowest BCUT2D eigenvalue weighted by molar-refractivity contribution is -0.146. The first-order chi connectivity index (χ1) is 34.2. The summed E-state index contributed by atoms with van der Waals surface area (Å²) in [6, 6.07) is 18.1. The van der Waals surface area contributed by atoms with E-state index in [1.807, 2.05) is 85.8 Å². The zero-order valence-electron chi connectivity index (χ0n) is 40.6. The third-order valence-corrected chi connectivity index (χ3v) is 14.3. The molecule has 3 aromatic rings. The lowest BCUT2D eigenvalue weighted by Gasteiger charge is -2.34. The van der Waals surface area contributed by atoms with Crippen molar-refractivity contribution in [1.82, 2.24) is 41.3 Å². The van der Waals surface area contributed by atoms with Gasteiger partial charge >= 0.3 is 0 Å². The number of fused-ring (bicyclic) bond motifs is 3. The summed E-state index contributed by atoms with van der Waals surface area (Å²) in [5.74, 6) is -5.97. The highest BCUT2D eigenvalue weighted by Gasteiger charge is 2.45. The maximum absolute atomic E-state index is 14.8. The molecule has 18 nitrogen and oxygen atoms in total. The van der Waals surface area contributed by atoms with Crippen LogP contribution in [0, 0.1) is 5.92 Å². The topological polar surface area (TPSA) is 250 Å². The predicted molar refractivity (Wildman–Crippen MR) is 262 cm³/mol. The molecular formula is C53H67N9O9. The zero-order chi connectivity index (χ0) is 50.6. The summed E-state index contributed by atoms with van der Waals surface area (Å²) < 4.78 is 0. The Balaban J connectivity index is 1.28. The van der Waals surface area contributed by atoms with E-state index in [1.54, 1.807) is 19.1 Å². The van der Waals surface area contributed by atoms with Gasteiger partial charge in [0.15, 0.2) is 0 Å². The molecule has 71 heavy (non-hydrogen) atoms. The maximum Gasteiger partial charge on any atom is 0.246 e. The fourth-order valence-corrected chi connectivity index (χ4v) is 10.2. The third kappa shape index (κ3) is 13.0. The van der Waals surface area contributed by atoms with E-state index in [2.05, 4.69) is 26.6 Å². The maximum atomic E-state index is 14.8. The van der Waals surface area contributed by atoms with E-state index >= 15 is 0 Å². The first-order valence-electron chi connectivity index (χ1n) is 25.1. The Morgan fingerprint density at radius 1 is 0.507 bits per heavy atom. The molecule has 7 rings (SSSR count). The Labute approximate surface area is 414 Å². The van der Waals surface area contributed by atoms with Crippen LogP contribution in [0.5, 0.6) is 0 Å². The van der Waals surface area contributed by atoms with Crippen molar-refractivity contribution < 1.29 is 43.2 Å². The second-order valence-electron chi connectivity index (χ2n) is 19.3. The fourth-order valence-electron chi connectivity index (χ4n) is 10.2. The predicted octanol–water partition coefficient (Wildman–Crippen LogP) is 1.44. The van der Waals surface area contributed by atoms with E-state index < -0.39 is 107 Å². The van der Waals surface area contributed by atoms with E-state index in [1.165, 1.54) is 14.7 Å². The summed E-state index contributed by atoms with van der Waals surface area (Å²) in [6.45, 7) is 4.17. The van der Waals surface area contributed by atoms with Gasteiger partial charge in [0, 0.05) is 45.3 Å². The number of nitrogens with one attached hydrogen (secondary N) is 5. The molecule has 18 heteroatoms. The van der Waals surface area contributed by atoms with Crippen molar-refractivity contribution in [2.24, 2.45) is 11.7 Å². The fraction of sp³-hybridized carbons (Fsp3) is 0.491. The van der Waals surface area contributed by atoms with Gasteiger partial charge in [-0.3, -0.25) is 43.2 Å². The molecule has 4 aliphatic heterocycles. The zero-order valence-corrected chi connectivity index (χ0v) is 40.6. The van der Waals surface area contributed by atoms with Crippen LogP contribution < -0.4 is 32.3 Å². The van der Waals surface area contributed by atoms with Crippen molar-refractivity contribution >= 4 is 53.2 Å². The van der Waals surface area contributed by atoms with Gasteiger partial charge in [-0.1, -0.05) is 111 Å². The first kappa shape index (κ1) is 51.7. The Morgan fingerprint density at radius 2 is 0.859 bits per heavy atom. The molecule has 0 aliphatic carbocycles. The van der Waals surface area contributed by atoms with Gasteiger partial charge in [-0.2, -0.15) is 0 Å². The molecule has 4 fully saturated rings. The van der Waals surface area contributed by atoms with Gasteiger partial charge in [-0.15, -0.1) is 0 Å². The van der Waals surface area contributed by atoms with Gasteiger partial charge in [0.05, 0.1) is 0 Å². The number of hydrogen-bond acceptors (Lipinski definition) is 9. The minimum absolute atomic E-state index is 0.0467. The van der Waals surface area contributed by atoms with Crippen molar-refractivity contribution in [3.05, 3.63) is 108 Å². The van der Waals surface area contributed by atoms with E-state index in [4.69, 9.17) is 5.73 Å². The number of carbonyl (C=O) groups is 9. The van der Waals surface area contributed by atoms with Crippen LogP contribution >= 0.6 is 0 Å². The van der Waals surface area contributed by atoms with Crippen LogP contribution in [0.15, 0.2) is 91.0 Å². The van der Waals surface area contributed by atoms with Crippen LogP contribution in [0.2, 0.25) is 0 Å². The average Bonchev–Trinajstić information content (AvgIpc) is 4.19. The molecular weight excluding hydrogens is 907 g/mol. The summed E-state index contributed by atoms with van der Waals surface area (Å²) in [4.78, 5) is 133. The molecule has 0 radical (unpaired) electrons.